The second-order valence-electron chi connectivity index (χ2n) is 5.61. The number of carbonyl (C=O) groups is 1. The van der Waals surface area contributed by atoms with Crippen LogP contribution in [0.1, 0.15) is 37.7 Å². The highest BCUT2D eigenvalue weighted by atomic mass is 32.2. The Labute approximate surface area is 113 Å². The molecule has 1 unspecified atom stereocenters. The van der Waals surface area contributed by atoms with Crippen LogP contribution in [-0.2, 0) is 16.6 Å². The molecular weight excluding hydrogens is 266 g/mol. The van der Waals surface area contributed by atoms with Gasteiger partial charge in [-0.25, -0.2) is 13.6 Å². The Morgan fingerprint density at radius 2 is 2.16 bits per heavy atom. The van der Waals surface area contributed by atoms with E-state index in [9.17, 15) is 13.2 Å². The van der Waals surface area contributed by atoms with Crippen LogP contribution in [0.2, 0.25) is 0 Å². The van der Waals surface area contributed by atoms with E-state index in [1.807, 2.05) is 6.92 Å². The molecule has 1 aromatic rings. The first kappa shape index (κ1) is 14.1. The lowest BCUT2D eigenvalue weighted by Crippen LogP contribution is -2.30. The number of amides is 1. The molecule has 0 bridgehead atoms. The van der Waals surface area contributed by atoms with E-state index in [0.717, 1.165) is 6.42 Å². The third-order valence-corrected chi connectivity index (χ3v) is 4.47. The fourth-order valence-electron chi connectivity index (χ4n) is 2.04. The minimum atomic E-state index is -3.78. The van der Waals surface area contributed by atoms with E-state index in [1.165, 1.54) is 12.3 Å². The maximum absolute atomic E-state index is 12.1. The molecule has 1 atom stereocenters. The van der Waals surface area contributed by atoms with Gasteiger partial charge in [0.25, 0.3) is 5.91 Å². The summed E-state index contributed by atoms with van der Waals surface area (Å²) >= 11 is 0. The van der Waals surface area contributed by atoms with Crippen molar-refractivity contribution in [2.75, 3.05) is 0 Å². The molecule has 1 saturated carbocycles. The highest BCUT2D eigenvalue weighted by Crippen LogP contribution is 2.44. The predicted molar refractivity (Wildman–Crippen MR) is 71.1 cm³/mol. The van der Waals surface area contributed by atoms with Crippen molar-refractivity contribution < 1.29 is 13.2 Å². The Hall–Kier alpha value is -1.34. The average molecular weight is 285 g/mol. The van der Waals surface area contributed by atoms with Gasteiger partial charge >= 0.3 is 0 Å². The molecule has 7 heteroatoms. The van der Waals surface area contributed by atoms with Gasteiger partial charge in [0.05, 0.1) is 0 Å². The molecule has 0 aromatic carbocycles. The van der Waals surface area contributed by atoms with Crippen molar-refractivity contribution >= 4 is 15.9 Å². The maximum Gasteiger partial charge on any atom is 0.268 e. The van der Waals surface area contributed by atoms with E-state index in [2.05, 4.69) is 19.2 Å². The summed E-state index contributed by atoms with van der Waals surface area (Å²) in [5.41, 5.74) is 0.455. The van der Waals surface area contributed by atoms with Crippen LogP contribution in [0.25, 0.3) is 0 Å². The topological polar surface area (TPSA) is 94.2 Å². The number of nitrogens with zero attached hydrogens (tertiary/aromatic N) is 1. The first-order valence-electron chi connectivity index (χ1n) is 6.19. The number of hydrogen-bond donors (Lipinski definition) is 2. The van der Waals surface area contributed by atoms with Gasteiger partial charge in [-0.2, -0.15) is 0 Å². The van der Waals surface area contributed by atoms with Crippen LogP contribution in [0.15, 0.2) is 17.2 Å². The summed E-state index contributed by atoms with van der Waals surface area (Å²) in [5.74, 6) is -0.257. The number of hydrogen-bond acceptors (Lipinski definition) is 3. The lowest BCUT2D eigenvalue weighted by molar-refractivity contribution is 0.0937. The van der Waals surface area contributed by atoms with Crippen molar-refractivity contribution in [3.63, 3.8) is 0 Å². The third-order valence-electron chi connectivity index (χ3n) is 3.59. The minimum absolute atomic E-state index is 0.0328. The van der Waals surface area contributed by atoms with Crippen molar-refractivity contribution in [3.05, 3.63) is 18.0 Å². The van der Waals surface area contributed by atoms with Gasteiger partial charge in [-0.15, -0.1) is 0 Å². The van der Waals surface area contributed by atoms with Gasteiger partial charge in [0, 0.05) is 18.8 Å². The molecule has 0 aliphatic heterocycles. The van der Waals surface area contributed by atoms with E-state index in [4.69, 9.17) is 5.14 Å². The molecule has 1 heterocycles. The Kier molecular flexibility index (Phi) is 3.22. The quantitative estimate of drug-likeness (QED) is 0.852. The number of rotatable bonds is 4. The molecule has 106 valence electrons. The SMILES string of the molecule is CCn1cc(S(N)(=O)=O)cc1C(=O)NC1CC1(C)C. The highest BCUT2D eigenvalue weighted by Gasteiger charge is 2.46. The van der Waals surface area contributed by atoms with Crippen LogP contribution in [0.3, 0.4) is 0 Å². The Balaban J connectivity index is 2.24. The van der Waals surface area contributed by atoms with Crippen molar-refractivity contribution in [1.82, 2.24) is 9.88 Å². The molecule has 0 spiro atoms. The third kappa shape index (κ3) is 2.82. The zero-order valence-corrected chi connectivity index (χ0v) is 12.1. The molecule has 3 N–H and O–H groups in total. The molecule has 2 rings (SSSR count). The van der Waals surface area contributed by atoms with Crippen LogP contribution in [0.5, 0.6) is 0 Å². The monoisotopic (exact) mass is 285 g/mol. The molecule has 1 aliphatic rings. The maximum atomic E-state index is 12.1. The number of carbonyl (C=O) groups excluding carboxylic acids is 1. The first-order valence-corrected chi connectivity index (χ1v) is 7.73. The molecule has 19 heavy (non-hydrogen) atoms. The second-order valence-corrected chi connectivity index (χ2v) is 7.17. The molecular formula is C12H19N3O3S. The predicted octanol–water partition coefficient (Wildman–Crippen LogP) is 0.684. The Bertz CT molecular complexity index is 616. The smallest absolute Gasteiger partial charge is 0.268 e. The van der Waals surface area contributed by atoms with Crippen LogP contribution in [0.4, 0.5) is 0 Å². The fourth-order valence-corrected chi connectivity index (χ4v) is 2.59. The van der Waals surface area contributed by atoms with Crippen LogP contribution < -0.4 is 10.5 Å². The van der Waals surface area contributed by atoms with Gasteiger partial charge < -0.3 is 9.88 Å². The highest BCUT2D eigenvalue weighted by molar-refractivity contribution is 7.89. The molecule has 1 fully saturated rings. The number of nitrogens with one attached hydrogen (secondary N) is 1. The van der Waals surface area contributed by atoms with Gasteiger partial charge in [-0.3, -0.25) is 4.79 Å². The van der Waals surface area contributed by atoms with Crippen molar-refractivity contribution in [2.45, 2.75) is 44.7 Å². The Morgan fingerprint density at radius 3 is 2.58 bits per heavy atom. The summed E-state index contributed by atoms with van der Waals surface area (Å²) in [4.78, 5) is 12.1. The van der Waals surface area contributed by atoms with Crippen LogP contribution in [0, 0.1) is 5.41 Å². The fraction of sp³-hybridized carbons (Fsp3) is 0.583. The van der Waals surface area contributed by atoms with Crippen molar-refractivity contribution in [1.29, 1.82) is 0 Å². The van der Waals surface area contributed by atoms with E-state index in [0.29, 0.717) is 12.2 Å². The van der Waals surface area contributed by atoms with E-state index in [1.54, 1.807) is 4.57 Å². The zero-order valence-electron chi connectivity index (χ0n) is 11.3. The van der Waals surface area contributed by atoms with Crippen LogP contribution in [-0.4, -0.2) is 24.9 Å². The number of nitrogens with two attached hydrogens (primary N) is 1. The number of sulfonamides is 1. The summed E-state index contributed by atoms with van der Waals surface area (Å²) in [6.45, 7) is 6.50. The summed E-state index contributed by atoms with van der Waals surface area (Å²) in [6.07, 6.45) is 2.33. The van der Waals surface area contributed by atoms with E-state index < -0.39 is 10.0 Å². The number of aromatic nitrogens is 1. The lowest BCUT2D eigenvalue weighted by Gasteiger charge is -2.08. The molecule has 6 nitrogen and oxygen atoms in total. The van der Waals surface area contributed by atoms with E-state index in [-0.39, 0.29) is 22.3 Å². The summed E-state index contributed by atoms with van der Waals surface area (Å²) in [7, 11) is -3.78. The number of primary sulfonamides is 1. The first-order chi connectivity index (χ1) is 8.65. The second kappa shape index (κ2) is 4.35. The molecule has 1 amide bonds. The molecule has 1 aromatic heterocycles. The van der Waals surface area contributed by atoms with Gasteiger partial charge in [-0.05, 0) is 24.8 Å². The minimum Gasteiger partial charge on any atom is -0.347 e. The van der Waals surface area contributed by atoms with Gasteiger partial charge in [0.1, 0.15) is 10.6 Å². The molecule has 0 radical (unpaired) electrons. The standard InChI is InChI=1S/C12H19N3O3S/c1-4-15-7-8(19(13,17)18)5-9(15)11(16)14-10-6-12(10,2)3/h5,7,10H,4,6H2,1-3H3,(H,14,16)(H2,13,17,18). The summed E-state index contributed by atoms with van der Waals surface area (Å²) in [5, 5.41) is 7.98. The van der Waals surface area contributed by atoms with Gasteiger partial charge in [0.2, 0.25) is 10.0 Å². The summed E-state index contributed by atoms with van der Waals surface area (Å²) < 4.78 is 24.2. The van der Waals surface area contributed by atoms with Crippen molar-refractivity contribution in [2.24, 2.45) is 10.6 Å². The molecule has 0 saturated heterocycles. The lowest BCUT2D eigenvalue weighted by atomic mass is 10.2. The van der Waals surface area contributed by atoms with E-state index >= 15 is 0 Å². The summed E-state index contributed by atoms with van der Waals surface area (Å²) in [6, 6.07) is 1.47. The number of aryl methyl sites for hydroxylation is 1. The van der Waals surface area contributed by atoms with Crippen molar-refractivity contribution in [3.8, 4) is 0 Å². The average Bonchev–Trinajstić information content (AvgIpc) is 2.75. The Morgan fingerprint density at radius 1 is 1.58 bits per heavy atom. The van der Waals surface area contributed by atoms with Crippen LogP contribution >= 0.6 is 0 Å². The largest absolute Gasteiger partial charge is 0.347 e. The zero-order chi connectivity index (χ0) is 14.4. The van der Waals surface area contributed by atoms with Gasteiger partial charge in [0.15, 0.2) is 0 Å². The normalized spacial score (nSPS) is 21.2. The molecule has 1 aliphatic carbocycles. The van der Waals surface area contributed by atoms with Gasteiger partial charge in [-0.1, -0.05) is 13.8 Å².